The lowest BCUT2D eigenvalue weighted by Gasteiger charge is -2.04. The van der Waals surface area contributed by atoms with Gasteiger partial charge in [0.15, 0.2) is 5.78 Å². The van der Waals surface area contributed by atoms with E-state index in [4.69, 9.17) is 0 Å². The molecule has 0 unspecified atom stereocenters. The summed E-state index contributed by atoms with van der Waals surface area (Å²) in [6.07, 6.45) is 4.86. The molecule has 5 heteroatoms. The van der Waals surface area contributed by atoms with E-state index in [0.29, 0.717) is 24.1 Å². The number of para-hydroxylation sites is 1. The van der Waals surface area contributed by atoms with E-state index in [1.54, 1.807) is 41.2 Å². The number of Topliss-reactive ketones (excluding diaryl/α,β-unsaturated/α-hetero) is 1. The highest BCUT2D eigenvalue weighted by atomic mass is 16.6. The standard InChI is InChI=1S/C15H16N2O3/c1-2-5-15(18)13-8-9-16(11-13)10-12-6-3-4-7-14(12)17(19)20/h3-4,6-9,11H,2,5,10H2,1H3. The smallest absolute Gasteiger partial charge is 0.274 e. The minimum Gasteiger partial charge on any atom is -0.349 e. The van der Waals surface area contributed by atoms with Gasteiger partial charge in [-0.15, -0.1) is 0 Å². The number of aromatic nitrogens is 1. The van der Waals surface area contributed by atoms with Gasteiger partial charge in [0.05, 0.1) is 11.5 Å². The highest BCUT2D eigenvalue weighted by Crippen LogP contribution is 2.19. The highest BCUT2D eigenvalue weighted by molar-refractivity contribution is 5.95. The molecule has 2 rings (SSSR count). The van der Waals surface area contributed by atoms with E-state index in [2.05, 4.69) is 0 Å². The molecule has 0 fully saturated rings. The van der Waals surface area contributed by atoms with Gasteiger partial charge in [-0.1, -0.05) is 25.1 Å². The number of nitrogens with zero attached hydrogens (tertiary/aromatic N) is 2. The monoisotopic (exact) mass is 272 g/mol. The van der Waals surface area contributed by atoms with Crippen LogP contribution >= 0.6 is 0 Å². The summed E-state index contributed by atoms with van der Waals surface area (Å²) in [4.78, 5) is 22.3. The third-order valence-electron chi connectivity index (χ3n) is 3.09. The number of carbonyl (C=O) groups excluding carboxylic acids is 1. The molecule has 0 amide bonds. The zero-order valence-corrected chi connectivity index (χ0v) is 11.3. The first-order valence-electron chi connectivity index (χ1n) is 6.53. The fraction of sp³-hybridized carbons (Fsp3) is 0.267. The summed E-state index contributed by atoms with van der Waals surface area (Å²) >= 11 is 0. The molecule has 0 spiro atoms. The van der Waals surface area contributed by atoms with Crippen molar-refractivity contribution in [3.8, 4) is 0 Å². The molecule has 0 aliphatic carbocycles. The molecule has 0 aliphatic heterocycles. The van der Waals surface area contributed by atoms with E-state index in [0.717, 1.165) is 6.42 Å². The van der Waals surface area contributed by atoms with Crippen LogP contribution in [0.3, 0.4) is 0 Å². The third kappa shape index (κ3) is 3.12. The van der Waals surface area contributed by atoms with E-state index in [1.807, 2.05) is 6.92 Å². The lowest BCUT2D eigenvalue weighted by atomic mass is 10.1. The second kappa shape index (κ2) is 6.14. The van der Waals surface area contributed by atoms with Crippen LogP contribution in [0, 0.1) is 10.1 Å². The number of nitro benzene ring substituents is 1. The lowest BCUT2D eigenvalue weighted by Crippen LogP contribution is -2.02. The SMILES string of the molecule is CCCC(=O)c1ccn(Cc2ccccc2[N+](=O)[O-])c1. The van der Waals surface area contributed by atoms with Gasteiger partial charge in [0.25, 0.3) is 5.69 Å². The molecule has 1 aromatic carbocycles. The first kappa shape index (κ1) is 14.0. The summed E-state index contributed by atoms with van der Waals surface area (Å²) in [5.74, 6) is 0.105. The summed E-state index contributed by atoms with van der Waals surface area (Å²) in [7, 11) is 0. The minimum atomic E-state index is -0.387. The fourth-order valence-electron chi connectivity index (χ4n) is 2.09. The zero-order chi connectivity index (χ0) is 14.5. The second-order valence-electron chi connectivity index (χ2n) is 4.63. The van der Waals surface area contributed by atoms with Crippen molar-refractivity contribution in [2.75, 3.05) is 0 Å². The van der Waals surface area contributed by atoms with Gasteiger partial charge in [-0.2, -0.15) is 0 Å². The van der Waals surface area contributed by atoms with E-state index in [1.165, 1.54) is 6.07 Å². The van der Waals surface area contributed by atoms with E-state index in [9.17, 15) is 14.9 Å². The van der Waals surface area contributed by atoms with Crippen LogP contribution in [-0.4, -0.2) is 15.3 Å². The maximum Gasteiger partial charge on any atom is 0.274 e. The van der Waals surface area contributed by atoms with E-state index < -0.39 is 0 Å². The predicted octanol–water partition coefficient (Wildman–Crippen LogP) is 3.43. The van der Waals surface area contributed by atoms with Gasteiger partial charge in [0, 0.05) is 36.0 Å². The Kier molecular flexibility index (Phi) is 4.30. The number of rotatable bonds is 6. The second-order valence-corrected chi connectivity index (χ2v) is 4.63. The van der Waals surface area contributed by atoms with Crippen LogP contribution in [0.5, 0.6) is 0 Å². The van der Waals surface area contributed by atoms with Crippen LogP contribution in [0.4, 0.5) is 5.69 Å². The van der Waals surface area contributed by atoms with Gasteiger partial charge in [-0.05, 0) is 12.5 Å². The van der Waals surface area contributed by atoms with E-state index >= 15 is 0 Å². The molecule has 0 radical (unpaired) electrons. The van der Waals surface area contributed by atoms with Crippen molar-refractivity contribution in [2.24, 2.45) is 0 Å². The van der Waals surface area contributed by atoms with Crippen LogP contribution < -0.4 is 0 Å². The molecular weight excluding hydrogens is 256 g/mol. The van der Waals surface area contributed by atoms with Crippen LogP contribution in [0.15, 0.2) is 42.7 Å². The predicted molar refractivity (Wildman–Crippen MR) is 75.9 cm³/mol. The number of hydrogen-bond acceptors (Lipinski definition) is 3. The van der Waals surface area contributed by atoms with Crippen LogP contribution in [-0.2, 0) is 6.54 Å². The maximum absolute atomic E-state index is 11.8. The molecule has 1 aromatic heterocycles. The van der Waals surface area contributed by atoms with Crippen molar-refractivity contribution in [3.05, 3.63) is 64.0 Å². The molecule has 0 atom stereocenters. The Bertz CT molecular complexity index is 632. The normalized spacial score (nSPS) is 10.4. The summed E-state index contributed by atoms with van der Waals surface area (Å²) in [6.45, 7) is 2.35. The molecule has 5 nitrogen and oxygen atoms in total. The van der Waals surface area contributed by atoms with Crippen molar-refractivity contribution >= 4 is 11.5 Å². The Morgan fingerprint density at radius 2 is 2.05 bits per heavy atom. The molecule has 20 heavy (non-hydrogen) atoms. The summed E-state index contributed by atoms with van der Waals surface area (Å²) in [5.41, 5.74) is 1.38. The summed E-state index contributed by atoms with van der Waals surface area (Å²) < 4.78 is 1.80. The molecule has 104 valence electrons. The average Bonchev–Trinajstić information content (AvgIpc) is 2.88. The molecular formula is C15H16N2O3. The maximum atomic E-state index is 11.8. The minimum absolute atomic E-state index is 0.0997. The quantitative estimate of drug-likeness (QED) is 0.459. The number of benzene rings is 1. The largest absolute Gasteiger partial charge is 0.349 e. The van der Waals surface area contributed by atoms with Crippen LogP contribution in [0.2, 0.25) is 0 Å². The van der Waals surface area contributed by atoms with Crippen LogP contribution in [0.1, 0.15) is 35.7 Å². The highest BCUT2D eigenvalue weighted by Gasteiger charge is 2.13. The molecule has 0 bridgehead atoms. The van der Waals surface area contributed by atoms with Gasteiger partial charge in [0.2, 0.25) is 0 Å². The molecule has 2 aromatic rings. The average molecular weight is 272 g/mol. The molecule has 1 heterocycles. The summed E-state index contributed by atoms with van der Waals surface area (Å²) in [5, 5.41) is 11.0. The topological polar surface area (TPSA) is 65.1 Å². The zero-order valence-electron chi connectivity index (χ0n) is 11.3. The van der Waals surface area contributed by atoms with E-state index in [-0.39, 0.29) is 16.4 Å². The van der Waals surface area contributed by atoms with Crippen LogP contribution in [0.25, 0.3) is 0 Å². The van der Waals surface area contributed by atoms with Gasteiger partial charge in [-0.25, -0.2) is 0 Å². The molecule has 0 saturated heterocycles. The van der Waals surface area contributed by atoms with Crippen molar-refractivity contribution in [2.45, 2.75) is 26.3 Å². The molecule has 0 N–H and O–H groups in total. The van der Waals surface area contributed by atoms with Crippen molar-refractivity contribution in [1.29, 1.82) is 0 Å². The Balaban J connectivity index is 2.19. The van der Waals surface area contributed by atoms with Gasteiger partial charge in [-0.3, -0.25) is 14.9 Å². The number of ketones is 1. The van der Waals surface area contributed by atoms with Crippen molar-refractivity contribution in [1.82, 2.24) is 4.57 Å². The Labute approximate surface area is 117 Å². The number of hydrogen-bond donors (Lipinski definition) is 0. The Morgan fingerprint density at radius 1 is 1.30 bits per heavy atom. The van der Waals surface area contributed by atoms with Gasteiger partial charge < -0.3 is 4.57 Å². The lowest BCUT2D eigenvalue weighted by molar-refractivity contribution is -0.385. The first-order chi connectivity index (χ1) is 9.61. The Hall–Kier alpha value is -2.43. The van der Waals surface area contributed by atoms with Crippen molar-refractivity contribution in [3.63, 3.8) is 0 Å². The first-order valence-corrected chi connectivity index (χ1v) is 6.53. The summed E-state index contributed by atoms with van der Waals surface area (Å²) in [6, 6.07) is 8.39. The molecule has 0 saturated carbocycles. The Morgan fingerprint density at radius 3 is 2.75 bits per heavy atom. The van der Waals surface area contributed by atoms with Gasteiger partial charge >= 0.3 is 0 Å². The molecule has 0 aliphatic rings. The van der Waals surface area contributed by atoms with Gasteiger partial charge in [0.1, 0.15) is 0 Å². The number of carbonyl (C=O) groups is 1. The fourth-order valence-corrected chi connectivity index (χ4v) is 2.09. The number of nitro groups is 1. The third-order valence-corrected chi connectivity index (χ3v) is 3.09. The van der Waals surface area contributed by atoms with Crippen molar-refractivity contribution < 1.29 is 9.72 Å².